The molecule has 0 saturated carbocycles. The van der Waals surface area contributed by atoms with Gasteiger partial charge in [-0.2, -0.15) is 0 Å². The molecule has 1 aromatic rings. The van der Waals surface area contributed by atoms with E-state index in [-0.39, 0.29) is 5.91 Å². The van der Waals surface area contributed by atoms with E-state index in [1.807, 2.05) is 26.8 Å². The summed E-state index contributed by atoms with van der Waals surface area (Å²) in [6.45, 7) is 7.99. The molecular formula is C15H22BrN3O. The standard InChI is InChI=1S/C15H22BrN3O/c1-10-7-13(18-9-12(10)16)19-14(20)15(2,3)11-5-4-6-17-8-11/h7,9,11,17H,4-6,8H2,1-3H3,(H,18,19,20). The molecule has 1 fully saturated rings. The molecule has 5 heteroatoms. The van der Waals surface area contributed by atoms with Gasteiger partial charge in [-0.05, 0) is 66.3 Å². The lowest BCUT2D eigenvalue weighted by atomic mass is 9.74. The average molecular weight is 340 g/mol. The van der Waals surface area contributed by atoms with Crippen molar-refractivity contribution in [3.05, 3.63) is 22.3 Å². The van der Waals surface area contributed by atoms with Crippen molar-refractivity contribution in [2.24, 2.45) is 11.3 Å². The molecule has 1 aliphatic rings. The van der Waals surface area contributed by atoms with E-state index in [0.717, 1.165) is 36.0 Å². The maximum atomic E-state index is 12.5. The molecule has 2 rings (SSSR count). The van der Waals surface area contributed by atoms with Gasteiger partial charge in [0.05, 0.1) is 0 Å². The van der Waals surface area contributed by atoms with Gasteiger partial charge in [0.15, 0.2) is 0 Å². The van der Waals surface area contributed by atoms with E-state index >= 15 is 0 Å². The molecule has 1 atom stereocenters. The fraction of sp³-hybridized carbons (Fsp3) is 0.600. The largest absolute Gasteiger partial charge is 0.316 e. The Morgan fingerprint density at radius 2 is 2.30 bits per heavy atom. The normalized spacial score (nSPS) is 19.7. The van der Waals surface area contributed by atoms with Crippen molar-refractivity contribution in [2.45, 2.75) is 33.6 Å². The van der Waals surface area contributed by atoms with Crippen molar-refractivity contribution in [1.82, 2.24) is 10.3 Å². The van der Waals surface area contributed by atoms with Gasteiger partial charge < -0.3 is 10.6 Å². The molecule has 1 unspecified atom stereocenters. The Morgan fingerprint density at radius 1 is 1.55 bits per heavy atom. The molecule has 110 valence electrons. The van der Waals surface area contributed by atoms with Gasteiger partial charge in [-0.25, -0.2) is 4.98 Å². The summed E-state index contributed by atoms with van der Waals surface area (Å²) in [4.78, 5) is 16.8. The van der Waals surface area contributed by atoms with E-state index in [1.54, 1.807) is 6.20 Å². The van der Waals surface area contributed by atoms with E-state index in [0.29, 0.717) is 11.7 Å². The number of nitrogens with one attached hydrogen (secondary N) is 2. The van der Waals surface area contributed by atoms with Crippen LogP contribution in [0.1, 0.15) is 32.3 Å². The topological polar surface area (TPSA) is 54.0 Å². The second kappa shape index (κ2) is 6.22. The van der Waals surface area contributed by atoms with E-state index < -0.39 is 5.41 Å². The van der Waals surface area contributed by atoms with Gasteiger partial charge in [-0.1, -0.05) is 13.8 Å². The molecule has 1 aromatic heterocycles. The number of rotatable bonds is 3. The third kappa shape index (κ3) is 3.38. The smallest absolute Gasteiger partial charge is 0.231 e. The predicted octanol–water partition coefficient (Wildman–Crippen LogP) is 3.12. The zero-order chi connectivity index (χ0) is 14.8. The zero-order valence-corrected chi connectivity index (χ0v) is 13.9. The van der Waals surface area contributed by atoms with Crippen molar-refractivity contribution in [3.8, 4) is 0 Å². The molecule has 1 aliphatic heterocycles. The highest BCUT2D eigenvalue weighted by Gasteiger charge is 2.37. The summed E-state index contributed by atoms with van der Waals surface area (Å²) in [7, 11) is 0. The molecule has 2 N–H and O–H groups in total. The molecule has 1 saturated heterocycles. The van der Waals surface area contributed by atoms with E-state index in [4.69, 9.17) is 0 Å². The summed E-state index contributed by atoms with van der Waals surface area (Å²) in [6.07, 6.45) is 3.96. The lowest BCUT2D eigenvalue weighted by Crippen LogP contribution is -2.44. The van der Waals surface area contributed by atoms with Crippen molar-refractivity contribution < 1.29 is 4.79 Å². The van der Waals surface area contributed by atoms with E-state index in [1.165, 1.54) is 0 Å². The Bertz CT molecular complexity index is 496. The van der Waals surface area contributed by atoms with Crippen LogP contribution in [-0.2, 0) is 4.79 Å². The number of aromatic nitrogens is 1. The number of halogens is 1. The molecule has 0 aromatic carbocycles. The summed E-state index contributed by atoms with van der Waals surface area (Å²) in [5, 5.41) is 6.32. The van der Waals surface area contributed by atoms with Crippen molar-refractivity contribution >= 4 is 27.7 Å². The van der Waals surface area contributed by atoms with E-state index in [2.05, 4.69) is 31.5 Å². The second-order valence-corrected chi connectivity index (χ2v) is 6.89. The number of carbonyl (C=O) groups is 1. The van der Waals surface area contributed by atoms with Crippen molar-refractivity contribution in [2.75, 3.05) is 18.4 Å². The SMILES string of the molecule is Cc1cc(NC(=O)C(C)(C)C2CCCNC2)ncc1Br. The molecule has 0 radical (unpaired) electrons. The van der Waals surface area contributed by atoms with Crippen LogP contribution in [0.5, 0.6) is 0 Å². The highest BCUT2D eigenvalue weighted by atomic mass is 79.9. The minimum atomic E-state index is -0.393. The Balaban J connectivity index is 2.07. The van der Waals surface area contributed by atoms with Gasteiger partial charge in [0.2, 0.25) is 5.91 Å². The fourth-order valence-electron chi connectivity index (χ4n) is 2.54. The number of anilines is 1. The van der Waals surface area contributed by atoms with Crippen LogP contribution in [-0.4, -0.2) is 24.0 Å². The van der Waals surface area contributed by atoms with Gasteiger partial charge in [0.1, 0.15) is 5.82 Å². The number of amides is 1. The third-order valence-corrected chi connectivity index (χ3v) is 5.02. The first-order chi connectivity index (χ1) is 9.41. The van der Waals surface area contributed by atoms with Crippen LogP contribution >= 0.6 is 15.9 Å². The third-order valence-electron chi connectivity index (χ3n) is 4.19. The van der Waals surface area contributed by atoms with Crippen LogP contribution < -0.4 is 10.6 Å². The Morgan fingerprint density at radius 3 is 2.90 bits per heavy atom. The van der Waals surface area contributed by atoms with Crippen LogP contribution in [0.25, 0.3) is 0 Å². The fourth-order valence-corrected chi connectivity index (χ4v) is 2.76. The van der Waals surface area contributed by atoms with Gasteiger partial charge in [0.25, 0.3) is 0 Å². The van der Waals surface area contributed by atoms with Crippen molar-refractivity contribution in [3.63, 3.8) is 0 Å². The number of hydrogen-bond donors (Lipinski definition) is 2. The molecule has 0 bridgehead atoms. The van der Waals surface area contributed by atoms with Crippen LogP contribution in [0, 0.1) is 18.3 Å². The predicted molar refractivity (Wildman–Crippen MR) is 84.7 cm³/mol. The molecule has 4 nitrogen and oxygen atoms in total. The van der Waals surface area contributed by atoms with Crippen LogP contribution in [0.4, 0.5) is 5.82 Å². The lowest BCUT2D eigenvalue weighted by Gasteiger charge is -2.35. The zero-order valence-electron chi connectivity index (χ0n) is 12.3. The van der Waals surface area contributed by atoms with Gasteiger partial charge in [0, 0.05) is 16.1 Å². The quantitative estimate of drug-likeness (QED) is 0.889. The summed E-state index contributed by atoms with van der Waals surface area (Å²) in [5.41, 5.74) is 0.670. The summed E-state index contributed by atoms with van der Waals surface area (Å²) in [5.74, 6) is 1.03. The molecular weight excluding hydrogens is 318 g/mol. The first-order valence-corrected chi connectivity index (χ1v) is 7.85. The van der Waals surface area contributed by atoms with Gasteiger partial charge >= 0.3 is 0 Å². The first kappa shape index (κ1) is 15.4. The number of carbonyl (C=O) groups excluding carboxylic acids is 1. The number of nitrogens with zero attached hydrogens (tertiary/aromatic N) is 1. The number of pyridine rings is 1. The molecule has 0 spiro atoms. The van der Waals surface area contributed by atoms with Crippen molar-refractivity contribution in [1.29, 1.82) is 0 Å². The van der Waals surface area contributed by atoms with Crippen LogP contribution in [0.3, 0.4) is 0 Å². The Labute approximate surface area is 128 Å². The molecule has 2 heterocycles. The minimum Gasteiger partial charge on any atom is -0.316 e. The summed E-state index contributed by atoms with van der Waals surface area (Å²) >= 11 is 3.41. The first-order valence-electron chi connectivity index (χ1n) is 7.05. The second-order valence-electron chi connectivity index (χ2n) is 6.04. The number of hydrogen-bond acceptors (Lipinski definition) is 3. The summed E-state index contributed by atoms with van der Waals surface area (Å²) < 4.78 is 0.950. The Kier molecular flexibility index (Phi) is 4.81. The van der Waals surface area contributed by atoms with Crippen LogP contribution in [0.15, 0.2) is 16.7 Å². The number of aryl methyl sites for hydroxylation is 1. The van der Waals surface area contributed by atoms with Gasteiger partial charge in [-0.3, -0.25) is 4.79 Å². The van der Waals surface area contributed by atoms with Crippen LogP contribution in [0.2, 0.25) is 0 Å². The number of piperidine rings is 1. The molecule has 1 amide bonds. The highest BCUT2D eigenvalue weighted by molar-refractivity contribution is 9.10. The lowest BCUT2D eigenvalue weighted by molar-refractivity contribution is -0.127. The average Bonchev–Trinajstić information content (AvgIpc) is 2.44. The highest BCUT2D eigenvalue weighted by Crippen LogP contribution is 2.33. The molecule has 20 heavy (non-hydrogen) atoms. The summed E-state index contributed by atoms with van der Waals surface area (Å²) in [6, 6.07) is 1.89. The van der Waals surface area contributed by atoms with Gasteiger partial charge in [-0.15, -0.1) is 0 Å². The molecule has 0 aliphatic carbocycles. The monoisotopic (exact) mass is 339 g/mol. The minimum absolute atomic E-state index is 0.0421. The maximum absolute atomic E-state index is 12.5. The Hall–Kier alpha value is -0.940. The van der Waals surface area contributed by atoms with E-state index in [9.17, 15) is 4.79 Å². The maximum Gasteiger partial charge on any atom is 0.231 e.